The molecule has 1 aromatic heterocycles. The molecule has 1 atom stereocenters. The molecule has 0 radical (unpaired) electrons. The van der Waals surface area contributed by atoms with Crippen molar-refractivity contribution in [2.75, 3.05) is 11.9 Å². The minimum atomic E-state index is -1.09. The first-order chi connectivity index (χ1) is 14.5. The van der Waals surface area contributed by atoms with Crippen LogP contribution in [-0.4, -0.2) is 34.4 Å². The number of nitrogens with zero attached hydrogens (tertiary/aromatic N) is 2. The molecule has 1 heterocycles. The first-order valence-electron chi connectivity index (χ1n) is 9.33. The Bertz CT molecular complexity index is 1070. The second kappa shape index (κ2) is 9.55. The summed E-state index contributed by atoms with van der Waals surface area (Å²) in [5, 5.41) is 6.65. The van der Waals surface area contributed by atoms with Crippen LogP contribution < -0.4 is 15.8 Å². The summed E-state index contributed by atoms with van der Waals surface area (Å²) in [6.07, 6.45) is -1.09. The Hall–Kier alpha value is -3.88. The number of nitrogens with one attached hydrogen (secondary N) is 1. The fourth-order valence-corrected chi connectivity index (χ4v) is 2.60. The fraction of sp³-hybridized carbons (Fsp3) is 0.238. The zero-order valence-electron chi connectivity index (χ0n) is 16.5. The molecule has 0 bridgehead atoms. The minimum absolute atomic E-state index is 0.0896. The number of carbonyl (C=O) groups excluding carboxylic acids is 2. The summed E-state index contributed by atoms with van der Waals surface area (Å²) in [6.45, 7) is 3.21. The topological polar surface area (TPSA) is 113 Å². The van der Waals surface area contributed by atoms with Gasteiger partial charge in [-0.3, -0.25) is 9.59 Å². The largest absolute Gasteiger partial charge is 0.492 e. The first kappa shape index (κ1) is 20.8. The Kier molecular flexibility index (Phi) is 6.63. The van der Waals surface area contributed by atoms with Crippen LogP contribution in [0.25, 0.3) is 11.5 Å². The van der Waals surface area contributed by atoms with Crippen molar-refractivity contribution in [2.24, 2.45) is 0 Å². The molecule has 1 amide bonds. The fourth-order valence-electron chi connectivity index (χ4n) is 2.60. The summed E-state index contributed by atoms with van der Waals surface area (Å²) >= 11 is 0. The van der Waals surface area contributed by atoms with Crippen LogP contribution in [0.4, 0.5) is 5.69 Å². The lowest BCUT2D eigenvalue weighted by Gasteiger charge is -2.15. The molecule has 30 heavy (non-hydrogen) atoms. The molecule has 9 heteroatoms. The van der Waals surface area contributed by atoms with Gasteiger partial charge in [0.2, 0.25) is 5.89 Å². The van der Waals surface area contributed by atoms with E-state index in [-0.39, 0.29) is 5.89 Å². The number of rotatable bonds is 8. The molecule has 1 N–H and O–H groups in total. The van der Waals surface area contributed by atoms with Crippen molar-refractivity contribution in [2.45, 2.75) is 26.5 Å². The summed E-state index contributed by atoms with van der Waals surface area (Å²) in [6, 6.07) is 15.7. The summed E-state index contributed by atoms with van der Waals surface area (Å²) in [7, 11) is 0. The smallest absolute Gasteiger partial charge is 0.437 e. The monoisotopic (exact) mass is 411 g/mol. The van der Waals surface area contributed by atoms with Crippen LogP contribution in [0.1, 0.15) is 13.8 Å². The van der Waals surface area contributed by atoms with E-state index in [0.717, 1.165) is 4.68 Å². The third-order valence-electron chi connectivity index (χ3n) is 4.03. The molecule has 0 fully saturated rings. The van der Waals surface area contributed by atoms with Crippen molar-refractivity contribution < 1.29 is 23.5 Å². The molecule has 156 valence electrons. The summed E-state index contributed by atoms with van der Waals surface area (Å²) < 4.78 is 16.5. The molecule has 0 saturated heterocycles. The number of carbonyl (C=O) groups is 2. The number of benzene rings is 2. The van der Waals surface area contributed by atoms with E-state index < -0.39 is 30.3 Å². The van der Waals surface area contributed by atoms with Crippen molar-refractivity contribution >= 4 is 17.6 Å². The molecule has 2 aromatic carbocycles. The highest BCUT2D eigenvalue weighted by atomic mass is 16.5. The van der Waals surface area contributed by atoms with E-state index >= 15 is 0 Å². The van der Waals surface area contributed by atoms with E-state index in [4.69, 9.17) is 13.9 Å². The lowest BCUT2D eigenvalue weighted by Crippen LogP contribution is -2.32. The summed E-state index contributed by atoms with van der Waals surface area (Å²) in [4.78, 5) is 36.5. The van der Waals surface area contributed by atoms with Crippen molar-refractivity contribution in [3.8, 4) is 17.2 Å². The van der Waals surface area contributed by atoms with Gasteiger partial charge in [0, 0.05) is 5.56 Å². The maximum atomic E-state index is 12.4. The number of hydrogen-bond acceptors (Lipinski definition) is 7. The zero-order valence-corrected chi connectivity index (χ0v) is 16.5. The lowest BCUT2D eigenvalue weighted by molar-refractivity contribution is -0.154. The highest BCUT2D eigenvalue weighted by Gasteiger charge is 2.21. The Morgan fingerprint density at radius 3 is 2.57 bits per heavy atom. The Labute approximate surface area is 172 Å². The van der Waals surface area contributed by atoms with Gasteiger partial charge in [0.25, 0.3) is 5.91 Å². The zero-order chi connectivity index (χ0) is 21.5. The van der Waals surface area contributed by atoms with Gasteiger partial charge in [-0.25, -0.2) is 4.79 Å². The summed E-state index contributed by atoms with van der Waals surface area (Å²) in [5.74, 6) is -1.53. The van der Waals surface area contributed by atoms with E-state index in [2.05, 4.69) is 10.4 Å². The van der Waals surface area contributed by atoms with Gasteiger partial charge in [0.1, 0.15) is 12.3 Å². The van der Waals surface area contributed by atoms with Gasteiger partial charge >= 0.3 is 11.7 Å². The molecular weight excluding hydrogens is 390 g/mol. The molecule has 0 aliphatic carbocycles. The van der Waals surface area contributed by atoms with Gasteiger partial charge in [-0.1, -0.05) is 30.3 Å². The van der Waals surface area contributed by atoms with E-state index in [1.807, 2.05) is 13.0 Å². The maximum absolute atomic E-state index is 12.4. The minimum Gasteiger partial charge on any atom is -0.492 e. The average Bonchev–Trinajstić information content (AvgIpc) is 3.10. The maximum Gasteiger partial charge on any atom is 0.437 e. The molecule has 0 aliphatic heterocycles. The third-order valence-corrected chi connectivity index (χ3v) is 4.03. The molecule has 0 aliphatic rings. The van der Waals surface area contributed by atoms with Crippen LogP contribution in [0, 0.1) is 0 Å². The Balaban J connectivity index is 1.60. The third kappa shape index (κ3) is 5.13. The van der Waals surface area contributed by atoms with Gasteiger partial charge in [-0.2, -0.15) is 4.68 Å². The predicted octanol–water partition coefficient (Wildman–Crippen LogP) is 2.47. The molecule has 0 saturated carbocycles. The van der Waals surface area contributed by atoms with Gasteiger partial charge in [0.05, 0.1) is 12.3 Å². The lowest BCUT2D eigenvalue weighted by atomic mass is 10.2. The van der Waals surface area contributed by atoms with Gasteiger partial charge in [-0.05, 0) is 38.1 Å². The highest BCUT2D eigenvalue weighted by molar-refractivity contribution is 5.96. The van der Waals surface area contributed by atoms with Crippen LogP contribution in [-0.2, 0) is 20.9 Å². The molecule has 3 aromatic rings. The van der Waals surface area contributed by atoms with Gasteiger partial charge in [-0.15, -0.1) is 5.10 Å². The van der Waals surface area contributed by atoms with E-state index in [9.17, 15) is 14.4 Å². The van der Waals surface area contributed by atoms with Crippen LogP contribution in [0.2, 0.25) is 0 Å². The van der Waals surface area contributed by atoms with E-state index in [0.29, 0.717) is 23.6 Å². The molecule has 9 nitrogen and oxygen atoms in total. The van der Waals surface area contributed by atoms with Crippen molar-refractivity contribution in [1.29, 1.82) is 0 Å². The van der Waals surface area contributed by atoms with Crippen LogP contribution in [0.15, 0.2) is 63.8 Å². The van der Waals surface area contributed by atoms with Crippen molar-refractivity contribution in [3.63, 3.8) is 0 Å². The SMILES string of the molecule is CCOc1ccccc1NC(=O)[C@@H](C)OC(=O)Cn1nc(-c2ccccc2)oc1=O. The Morgan fingerprint density at radius 1 is 1.13 bits per heavy atom. The quantitative estimate of drug-likeness (QED) is 0.567. The molecule has 0 spiro atoms. The number of ether oxygens (including phenoxy) is 2. The van der Waals surface area contributed by atoms with Gasteiger partial charge in [0.15, 0.2) is 6.10 Å². The first-order valence-corrected chi connectivity index (χ1v) is 9.33. The molecule has 0 unspecified atom stereocenters. The normalized spacial score (nSPS) is 11.5. The number of para-hydroxylation sites is 2. The van der Waals surface area contributed by atoms with Gasteiger partial charge < -0.3 is 19.2 Å². The van der Waals surface area contributed by atoms with Crippen molar-refractivity contribution in [1.82, 2.24) is 9.78 Å². The average molecular weight is 411 g/mol. The molecule has 3 rings (SSSR count). The number of amides is 1. The van der Waals surface area contributed by atoms with E-state index in [1.165, 1.54) is 6.92 Å². The molecular formula is C21H21N3O6. The number of hydrogen-bond donors (Lipinski definition) is 1. The predicted molar refractivity (Wildman–Crippen MR) is 108 cm³/mol. The van der Waals surface area contributed by atoms with Crippen molar-refractivity contribution in [3.05, 3.63) is 65.1 Å². The number of aromatic nitrogens is 2. The number of anilines is 1. The van der Waals surface area contributed by atoms with E-state index in [1.54, 1.807) is 48.5 Å². The number of esters is 1. The standard InChI is InChI=1S/C21H21N3O6/c1-3-28-17-12-8-7-11-16(17)22-19(26)14(2)29-18(25)13-24-21(27)30-20(23-24)15-9-5-4-6-10-15/h4-12,14H,3,13H2,1-2H3,(H,22,26)/t14-/m1/s1. The van der Waals surface area contributed by atoms with Crippen LogP contribution >= 0.6 is 0 Å². The highest BCUT2D eigenvalue weighted by Crippen LogP contribution is 2.24. The second-order valence-corrected chi connectivity index (χ2v) is 6.25. The Morgan fingerprint density at radius 2 is 1.83 bits per heavy atom. The van der Waals surface area contributed by atoms with Crippen LogP contribution in [0.5, 0.6) is 5.75 Å². The second-order valence-electron chi connectivity index (χ2n) is 6.25. The van der Waals surface area contributed by atoms with Crippen LogP contribution in [0.3, 0.4) is 0 Å². The summed E-state index contributed by atoms with van der Waals surface area (Å²) in [5.41, 5.74) is 1.06.